The molecule has 98 valence electrons. The van der Waals surface area contributed by atoms with E-state index >= 15 is 0 Å². The number of nitro benzene ring substituents is 1. The van der Waals surface area contributed by atoms with Gasteiger partial charge in [0.05, 0.1) is 10.6 Å². The Morgan fingerprint density at radius 3 is 2.45 bits per heavy atom. The highest BCUT2D eigenvalue weighted by atomic mass is 16.6. The number of aliphatic imine (C=N–C) groups is 1. The minimum atomic E-state index is -0.405. The van der Waals surface area contributed by atoms with E-state index in [0.717, 1.165) is 22.4 Å². The molecule has 0 N–H and O–H groups in total. The molecule has 2 heterocycles. The van der Waals surface area contributed by atoms with Gasteiger partial charge >= 0.3 is 0 Å². The number of ether oxygens (including phenoxy) is 1. The third-order valence-corrected chi connectivity index (χ3v) is 3.69. The van der Waals surface area contributed by atoms with Gasteiger partial charge in [0, 0.05) is 17.7 Å². The summed E-state index contributed by atoms with van der Waals surface area (Å²) in [6.45, 7) is 0. The first-order chi connectivity index (χ1) is 9.74. The number of hydrogen-bond donors (Lipinski definition) is 0. The van der Waals surface area contributed by atoms with Crippen LogP contribution in [-0.4, -0.2) is 10.6 Å². The predicted molar refractivity (Wildman–Crippen MR) is 72.6 cm³/mol. The maximum atomic E-state index is 10.7. The summed E-state index contributed by atoms with van der Waals surface area (Å²) < 4.78 is 5.85. The van der Waals surface area contributed by atoms with Crippen LogP contribution in [0.15, 0.2) is 53.5 Å². The summed E-state index contributed by atoms with van der Waals surface area (Å²) >= 11 is 0. The molecule has 2 atom stereocenters. The average Bonchev–Trinajstić information content (AvgIpc) is 3.07. The first-order valence-corrected chi connectivity index (χ1v) is 6.31. The van der Waals surface area contributed by atoms with Gasteiger partial charge in [0.1, 0.15) is 6.10 Å². The zero-order chi connectivity index (χ0) is 13.7. The average molecular weight is 266 g/mol. The van der Waals surface area contributed by atoms with Crippen molar-refractivity contribution in [2.45, 2.75) is 12.3 Å². The fourth-order valence-corrected chi connectivity index (χ4v) is 2.74. The van der Waals surface area contributed by atoms with Crippen molar-refractivity contribution < 1.29 is 9.66 Å². The first-order valence-electron chi connectivity index (χ1n) is 6.31. The van der Waals surface area contributed by atoms with E-state index in [4.69, 9.17) is 4.74 Å². The van der Waals surface area contributed by atoms with E-state index in [1.54, 1.807) is 12.1 Å². The van der Waals surface area contributed by atoms with Crippen LogP contribution in [0.25, 0.3) is 0 Å². The molecular weight excluding hydrogens is 256 g/mol. The summed E-state index contributed by atoms with van der Waals surface area (Å²) in [5.41, 5.74) is 4.06. The first kappa shape index (κ1) is 11.3. The molecule has 0 saturated heterocycles. The highest BCUT2D eigenvalue weighted by Gasteiger charge is 2.40. The Labute approximate surface area is 114 Å². The second-order valence-electron chi connectivity index (χ2n) is 4.82. The Hall–Kier alpha value is -2.53. The molecule has 2 aromatic rings. The number of benzene rings is 2. The number of hydrogen-bond acceptors (Lipinski definition) is 4. The Kier molecular flexibility index (Phi) is 2.25. The quantitative estimate of drug-likeness (QED) is 0.619. The van der Waals surface area contributed by atoms with Crippen molar-refractivity contribution in [1.29, 1.82) is 0 Å². The van der Waals surface area contributed by atoms with Crippen molar-refractivity contribution >= 4 is 11.4 Å². The summed E-state index contributed by atoms with van der Waals surface area (Å²) in [7, 11) is 0. The molecule has 5 nitrogen and oxygen atoms in total. The summed E-state index contributed by atoms with van der Waals surface area (Å²) in [4.78, 5) is 14.8. The van der Waals surface area contributed by atoms with Crippen LogP contribution in [-0.2, 0) is 4.74 Å². The fraction of sp³-hybridized carbons (Fsp3) is 0.133. The Morgan fingerprint density at radius 2 is 1.75 bits per heavy atom. The molecule has 5 heteroatoms. The van der Waals surface area contributed by atoms with Gasteiger partial charge in [-0.05, 0) is 23.3 Å². The van der Waals surface area contributed by atoms with Crippen LogP contribution in [0.1, 0.15) is 29.0 Å². The molecule has 0 spiro atoms. The van der Waals surface area contributed by atoms with Crippen molar-refractivity contribution in [2.24, 2.45) is 4.99 Å². The van der Waals surface area contributed by atoms with Gasteiger partial charge in [-0.2, -0.15) is 0 Å². The second kappa shape index (κ2) is 3.98. The van der Waals surface area contributed by atoms with Gasteiger partial charge < -0.3 is 4.74 Å². The van der Waals surface area contributed by atoms with Crippen LogP contribution in [0.2, 0.25) is 0 Å². The van der Waals surface area contributed by atoms with Gasteiger partial charge in [0.2, 0.25) is 0 Å². The molecule has 20 heavy (non-hydrogen) atoms. The minimum absolute atomic E-state index is 0.0822. The van der Waals surface area contributed by atoms with Crippen LogP contribution in [0, 0.1) is 10.1 Å². The van der Waals surface area contributed by atoms with Gasteiger partial charge in [-0.15, -0.1) is 0 Å². The number of non-ortho nitro benzene ring substituents is 1. The van der Waals surface area contributed by atoms with Gasteiger partial charge in [-0.1, -0.05) is 24.3 Å². The van der Waals surface area contributed by atoms with E-state index < -0.39 is 4.92 Å². The highest BCUT2D eigenvalue weighted by Crippen LogP contribution is 2.47. The van der Waals surface area contributed by atoms with E-state index in [2.05, 4.69) is 4.99 Å². The smallest absolute Gasteiger partial charge is 0.269 e. The molecule has 2 aliphatic rings. The molecule has 4 rings (SSSR count). The molecule has 1 unspecified atom stereocenters. The predicted octanol–water partition coefficient (Wildman–Crippen LogP) is 3.17. The lowest BCUT2D eigenvalue weighted by Crippen LogP contribution is -2.11. The van der Waals surface area contributed by atoms with Crippen molar-refractivity contribution in [1.82, 2.24) is 0 Å². The topological polar surface area (TPSA) is 64.7 Å². The monoisotopic (exact) mass is 266 g/mol. The van der Waals surface area contributed by atoms with Crippen molar-refractivity contribution in [3.8, 4) is 0 Å². The van der Waals surface area contributed by atoms with E-state index in [9.17, 15) is 10.1 Å². The lowest BCUT2D eigenvalue weighted by Gasteiger charge is -2.12. The maximum absolute atomic E-state index is 10.7. The zero-order valence-corrected chi connectivity index (χ0v) is 10.4. The summed E-state index contributed by atoms with van der Waals surface area (Å²) in [6.07, 6.45) is -0.390. The van der Waals surface area contributed by atoms with Crippen LogP contribution >= 0.6 is 0 Å². The molecule has 0 aliphatic carbocycles. The minimum Gasteiger partial charge on any atom is -0.338 e. The van der Waals surface area contributed by atoms with Gasteiger partial charge in [-0.25, -0.2) is 0 Å². The van der Waals surface area contributed by atoms with Gasteiger partial charge in [0.15, 0.2) is 6.23 Å². The van der Waals surface area contributed by atoms with E-state index in [1.165, 1.54) is 12.1 Å². The van der Waals surface area contributed by atoms with E-state index in [1.807, 2.05) is 24.3 Å². The number of nitrogens with zero attached hydrogens (tertiary/aromatic N) is 2. The van der Waals surface area contributed by atoms with Crippen molar-refractivity contribution in [3.05, 3.63) is 75.3 Å². The Balaban J connectivity index is 1.72. The third kappa shape index (κ3) is 1.50. The SMILES string of the molecule is O=[N+]([O-])c1ccc(C2=N[C@@H]3OC2c2ccccc23)cc1. The highest BCUT2D eigenvalue weighted by molar-refractivity contribution is 6.06. The third-order valence-electron chi connectivity index (χ3n) is 3.69. The maximum Gasteiger partial charge on any atom is 0.269 e. The lowest BCUT2D eigenvalue weighted by atomic mass is 9.95. The van der Waals surface area contributed by atoms with Crippen molar-refractivity contribution in [3.63, 3.8) is 0 Å². The molecule has 2 aliphatic heterocycles. The summed E-state index contributed by atoms with van der Waals surface area (Å²) in [5.74, 6) is 0. The molecule has 0 fully saturated rings. The van der Waals surface area contributed by atoms with Crippen LogP contribution in [0.5, 0.6) is 0 Å². The van der Waals surface area contributed by atoms with Crippen molar-refractivity contribution in [2.75, 3.05) is 0 Å². The second-order valence-corrected chi connectivity index (χ2v) is 4.82. The molecule has 0 saturated carbocycles. The van der Waals surface area contributed by atoms with Crippen LogP contribution in [0.3, 0.4) is 0 Å². The molecule has 0 amide bonds. The summed E-state index contributed by atoms with van der Waals surface area (Å²) in [5, 5.41) is 10.7. The largest absolute Gasteiger partial charge is 0.338 e. The Bertz CT molecular complexity index is 737. The van der Waals surface area contributed by atoms with E-state index in [0.29, 0.717) is 0 Å². The summed E-state index contributed by atoms with van der Waals surface area (Å²) in [6, 6.07) is 14.5. The number of nitro groups is 1. The zero-order valence-electron chi connectivity index (χ0n) is 10.4. The molecule has 0 aromatic heterocycles. The van der Waals surface area contributed by atoms with Gasteiger partial charge in [-0.3, -0.25) is 15.1 Å². The Morgan fingerprint density at radius 1 is 1.05 bits per heavy atom. The van der Waals surface area contributed by atoms with Crippen LogP contribution < -0.4 is 0 Å². The number of rotatable bonds is 2. The van der Waals surface area contributed by atoms with Crippen LogP contribution in [0.4, 0.5) is 5.69 Å². The normalized spacial score (nSPS) is 22.5. The van der Waals surface area contributed by atoms with E-state index in [-0.39, 0.29) is 18.0 Å². The molecule has 0 radical (unpaired) electrons. The fourth-order valence-electron chi connectivity index (χ4n) is 2.74. The molecule has 2 bridgehead atoms. The lowest BCUT2D eigenvalue weighted by molar-refractivity contribution is -0.384. The number of fused-ring (bicyclic) bond motifs is 5. The molecular formula is C15H10N2O3. The van der Waals surface area contributed by atoms with Gasteiger partial charge in [0.25, 0.3) is 5.69 Å². The molecule has 2 aromatic carbocycles. The standard InChI is InChI=1S/C15H10N2O3/c18-17(19)10-7-5-9(6-8-10)13-14-11-3-1-2-4-12(11)15(16-13)20-14/h1-8,14-15H/t14?,15-/m1/s1.